The molecule has 1 N–H and O–H groups in total. The Bertz CT molecular complexity index is 710. The minimum absolute atomic E-state index is 0.0374. The Balaban J connectivity index is 1.99. The monoisotopic (exact) mass is 348 g/mol. The predicted molar refractivity (Wildman–Crippen MR) is 82.5 cm³/mol. The van der Waals surface area contributed by atoms with Crippen LogP contribution in [0, 0.1) is 0 Å². The van der Waals surface area contributed by atoms with Crippen molar-refractivity contribution in [1.82, 2.24) is 0 Å². The minimum Gasteiger partial charge on any atom is -0.459 e. The van der Waals surface area contributed by atoms with Gasteiger partial charge in [0.15, 0.2) is 5.76 Å². The topological polar surface area (TPSA) is 62.6 Å². The molecule has 0 aliphatic carbocycles. The Morgan fingerprint density at radius 1 is 1.38 bits per heavy atom. The van der Waals surface area contributed by atoms with Crippen molar-refractivity contribution in [1.29, 1.82) is 0 Å². The average Bonchev–Trinajstić information content (AvgIpc) is 3.07. The largest absolute Gasteiger partial charge is 0.459 e. The Hall–Kier alpha value is -2.08. The fraction of sp³-hybridized carbons (Fsp3) is 0.200. The van der Waals surface area contributed by atoms with Crippen molar-refractivity contribution in [2.75, 3.05) is 16.8 Å². The van der Waals surface area contributed by atoms with Crippen LogP contribution in [0.3, 0.4) is 0 Å². The second kappa shape index (κ2) is 5.37. The number of hydrogen-bond donors (Lipinski definition) is 1. The molecule has 0 unspecified atom stereocenters. The number of anilines is 2. The van der Waals surface area contributed by atoms with Gasteiger partial charge in [0.1, 0.15) is 0 Å². The molecule has 2 amide bonds. The Morgan fingerprint density at radius 3 is 2.86 bits per heavy atom. The molecular weight excluding hydrogens is 336 g/mol. The maximum Gasteiger partial charge on any atom is 0.291 e. The zero-order valence-electron chi connectivity index (χ0n) is 11.4. The third kappa shape index (κ3) is 2.58. The van der Waals surface area contributed by atoms with Crippen LogP contribution in [0.5, 0.6) is 0 Å². The van der Waals surface area contributed by atoms with E-state index in [4.69, 9.17) is 4.42 Å². The number of halogens is 1. The molecule has 0 saturated carbocycles. The molecule has 2 aromatic rings. The standard InChI is InChI=1S/C15H13BrN2O3/c1-9(19)18-5-4-10-7-11(16)8-12(14(10)18)17-15(20)13-3-2-6-21-13/h2-3,6-8H,4-5H2,1H3,(H,17,20). The summed E-state index contributed by atoms with van der Waals surface area (Å²) < 4.78 is 5.95. The van der Waals surface area contributed by atoms with Gasteiger partial charge in [-0.15, -0.1) is 0 Å². The lowest BCUT2D eigenvalue weighted by atomic mass is 10.1. The van der Waals surface area contributed by atoms with Crippen LogP contribution in [0.4, 0.5) is 11.4 Å². The fourth-order valence-electron chi connectivity index (χ4n) is 2.51. The van der Waals surface area contributed by atoms with Crippen molar-refractivity contribution in [2.24, 2.45) is 0 Å². The van der Waals surface area contributed by atoms with Gasteiger partial charge in [-0.1, -0.05) is 15.9 Å². The lowest BCUT2D eigenvalue weighted by Crippen LogP contribution is -2.27. The third-order valence-electron chi connectivity index (χ3n) is 3.40. The van der Waals surface area contributed by atoms with Crippen molar-refractivity contribution in [2.45, 2.75) is 13.3 Å². The van der Waals surface area contributed by atoms with Crippen LogP contribution in [-0.4, -0.2) is 18.4 Å². The van der Waals surface area contributed by atoms with Crippen LogP contribution >= 0.6 is 15.9 Å². The van der Waals surface area contributed by atoms with E-state index in [9.17, 15) is 9.59 Å². The summed E-state index contributed by atoms with van der Waals surface area (Å²) in [7, 11) is 0. The lowest BCUT2D eigenvalue weighted by Gasteiger charge is -2.19. The van der Waals surface area contributed by atoms with Gasteiger partial charge in [-0.2, -0.15) is 0 Å². The van der Waals surface area contributed by atoms with E-state index in [1.54, 1.807) is 23.1 Å². The number of benzene rings is 1. The van der Waals surface area contributed by atoms with Crippen LogP contribution in [0.2, 0.25) is 0 Å². The van der Waals surface area contributed by atoms with Crippen molar-refractivity contribution >= 4 is 39.1 Å². The Morgan fingerprint density at radius 2 is 2.19 bits per heavy atom. The van der Waals surface area contributed by atoms with E-state index in [-0.39, 0.29) is 17.6 Å². The highest BCUT2D eigenvalue weighted by Crippen LogP contribution is 2.38. The Labute approximate surface area is 130 Å². The van der Waals surface area contributed by atoms with E-state index < -0.39 is 0 Å². The van der Waals surface area contributed by atoms with Crippen molar-refractivity contribution < 1.29 is 14.0 Å². The first-order valence-electron chi connectivity index (χ1n) is 6.51. The number of carbonyl (C=O) groups is 2. The maximum atomic E-state index is 12.1. The number of furan rings is 1. The second-order valence-corrected chi connectivity index (χ2v) is 5.73. The zero-order valence-corrected chi connectivity index (χ0v) is 12.9. The Kier molecular flexibility index (Phi) is 3.55. The number of rotatable bonds is 2. The maximum absolute atomic E-state index is 12.1. The van der Waals surface area contributed by atoms with Gasteiger partial charge in [-0.3, -0.25) is 9.59 Å². The molecule has 0 atom stereocenters. The van der Waals surface area contributed by atoms with Gasteiger partial charge in [0.25, 0.3) is 5.91 Å². The summed E-state index contributed by atoms with van der Waals surface area (Å²) >= 11 is 3.43. The number of hydrogen-bond acceptors (Lipinski definition) is 3. The van der Waals surface area contributed by atoms with Crippen LogP contribution in [-0.2, 0) is 11.2 Å². The van der Waals surface area contributed by atoms with Crippen LogP contribution < -0.4 is 10.2 Å². The van der Waals surface area contributed by atoms with Gasteiger partial charge >= 0.3 is 0 Å². The van der Waals surface area contributed by atoms with Crippen LogP contribution in [0.1, 0.15) is 23.0 Å². The number of amides is 2. The molecule has 2 heterocycles. The molecule has 1 aliphatic rings. The lowest BCUT2D eigenvalue weighted by molar-refractivity contribution is -0.116. The van der Waals surface area contributed by atoms with Crippen molar-refractivity contribution in [3.63, 3.8) is 0 Å². The molecular formula is C15H13BrN2O3. The molecule has 1 aromatic carbocycles. The molecule has 5 nitrogen and oxygen atoms in total. The summed E-state index contributed by atoms with van der Waals surface area (Å²) in [4.78, 5) is 25.6. The van der Waals surface area contributed by atoms with E-state index in [2.05, 4.69) is 21.2 Å². The first-order chi connectivity index (χ1) is 10.1. The van der Waals surface area contributed by atoms with Crippen molar-refractivity contribution in [3.05, 3.63) is 46.3 Å². The van der Waals surface area contributed by atoms with E-state index >= 15 is 0 Å². The van der Waals surface area contributed by atoms with Gasteiger partial charge in [-0.25, -0.2) is 0 Å². The van der Waals surface area contributed by atoms with Crippen LogP contribution in [0.15, 0.2) is 39.4 Å². The molecule has 1 aliphatic heterocycles. The molecule has 0 spiro atoms. The van der Waals surface area contributed by atoms with E-state index in [0.717, 1.165) is 22.1 Å². The van der Waals surface area contributed by atoms with Crippen molar-refractivity contribution in [3.8, 4) is 0 Å². The second-order valence-electron chi connectivity index (χ2n) is 4.81. The predicted octanol–water partition coefficient (Wildman–Crippen LogP) is 3.20. The molecule has 21 heavy (non-hydrogen) atoms. The molecule has 108 valence electrons. The SMILES string of the molecule is CC(=O)N1CCc2cc(Br)cc(NC(=O)c3ccco3)c21. The first kappa shape index (κ1) is 13.9. The molecule has 0 saturated heterocycles. The molecule has 0 bridgehead atoms. The zero-order chi connectivity index (χ0) is 15.0. The summed E-state index contributed by atoms with van der Waals surface area (Å²) in [6, 6.07) is 7.01. The molecule has 0 radical (unpaired) electrons. The summed E-state index contributed by atoms with van der Waals surface area (Å²) in [6.45, 7) is 2.15. The smallest absolute Gasteiger partial charge is 0.291 e. The van der Waals surface area contributed by atoms with Gasteiger partial charge < -0.3 is 14.6 Å². The number of nitrogens with one attached hydrogen (secondary N) is 1. The van der Waals surface area contributed by atoms with Gasteiger partial charge in [0.05, 0.1) is 17.6 Å². The quantitative estimate of drug-likeness (QED) is 0.906. The molecule has 3 rings (SSSR count). The molecule has 1 aromatic heterocycles. The van der Waals surface area contributed by atoms with Crippen LogP contribution in [0.25, 0.3) is 0 Å². The highest BCUT2D eigenvalue weighted by Gasteiger charge is 2.27. The summed E-state index contributed by atoms with van der Waals surface area (Å²) in [6.07, 6.45) is 2.22. The molecule has 6 heteroatoms. The van der Waals surface area contributed by atoms with Gasteiger partial charge in [0.2, 0.25) is 5.91 Å². The van der Waals surface area contributed by atoms with E-state index in [1.165, 1.54) is 13.2 Å². The van der Waals surface area contributed by atoms with E-state index in [0.29, 0.717) is 12.2 Å². The van der Waals surface area contributed by atoms with Gasteiger partial charge in [0, 0.05) is 17.9 Å². The fourth-order valence-corrected chi connectivity index (χ4v) is 3.02. The summed E-state index contributed by atoms with van der Waals surface area (Å²) in [5.41, 5.74) is 2.41. The highest BCUT2D eigenvalue weighted by molar-refractivity contribution is 9.10. The third-order valence-corrected chi connectivity index (χ3v) is 3.86. The first-order valence-corrected chi connectivity index (χ1v) is 7.31. The summed E-state index contributed by atoms with van der Waals surface area (Å²) in [5, 5.41) is 2.81. The normalized spacial score (nSPS) is 13.1. The average molecular weight is 349 g/mol. The number of fused-ring (bicyclic) bond motifs is 1. The minimum atomic E-state index is -0.337. The van der Waals surface area contributed by atoms with E-state index in [1.807, 2.05) is 6.07 Å². The number of nitrogens with zero attached hydrogens (tertiary/aromatic N) is 1. The highest BCUT2D eigenvalue weighted by atomic mass is 79.9. The molecule has 0 fully saturated rings. The summed E-state index contributed by atoms with van der Waals surface area (Å²) in [5.74, 6) is -0.142. The number of carbonyl (C=O) groups excluding carboxylic acids is 2. The van der Waals surface area contributed by atoms with Gasteiger partial charge in [-0.05, 0) is 36.2 Å².